The van der Waals surface area contributed by atoms with Crippen molar-refractivity contribution in [2.45, 2.75) is 6.42 Å². The number of nitrogens with zero attached hydrogens (tertiary/aromatic N) is 3. The molecule has 0 amide bonds. The van der Waals surface area contributed by atoms with Crippen molar-refractivity contribution in [3.63, 3.8) is 0 Å². The second kappa shape index (κ2) is 2.62. The minimum absolute atomic E-state index is 0.362. The molecular weight excluding hydrogens is 152 g/mol. The van der Waals surface area contributed by atoms with Crippen molar-refractivity contribution in [1.82, 2.24) is 15.2 Å². The molecule has 4 heteroatoms. The van der Waals surface area contributed by atoms with E-state index in [4.69, 9.17) is 5.26 Å². The SMILES string of the molecule is N#CCc1[nH]nc2cnccc12. The molecule has 0 aliphatic heterocycles. The number of nitrogens with one attached hydrogen (secondary N) is 1. The van der Waals surface area contributed by atoms with Gasteiger partial charge < -0.3 is 0 Å². The maximum absolute atomic E-state index is 8.48. The van der Waals surface area contributed by atoms with Gasteiger partial charge in [0, 0.05) is 11.6 Å². The van der Waals surface area contributed by atoms with Crippen molar-refractivity contribution in [3.05, 3.63) is 24.2 Å². The summed E-state index contributed by atoms with van der Waals surface area (Å²) in [5, 5.41) is 16.3. The molecule has 0 aliphatic carbocycles. The van der Waals surface area contributed by atoms with Crippen LogP contribution in [0.15, 0.2) is 18.5 Å². The molecule has 0 saturated carbocycles. The Kier molecular flexibility index (Phi) is 1.49. The van der Waals surface area contributed by atoms with Gasteiger partial charge in [-0.25, -0.2) is 0 Å². The van der Waals surface area contributed by atoms with Crippen LogP contribution in [0.4, 0.5) is 0 Å². The normalized spacial score (nSPS) is 9.92. The minimum Gasteiger partial charge on any atom is -0.280 e. The lowest BCUT2D eigenvalue weighted by Gasteiger charge is -1.87. The molecule has 4 nitrogen and oxygen atoms in total. The van der Waals surface area contributed by atoms with Crippen LogP contribution >= 0.6 is 0 Å². The molecule has 0 aromatic carbocycles. The molecule has 0 fully saturated rings. The predicted molar refractivity (Wildman–Crippen MR) is 43.2 cm³/mol. The molecule has 1 N–H and O–H groups in total. The maximum atomic E-state index is 8.48. The number of hydrogen-bond donors (Lipinski definition) is 1. The van der Waals surface area contributed by atoms with Crippen LogP contribution in [-0.4, -0.2) is 15.2 Å². The van der Waals surface area contributed by atoms with Crippen LogP contribution in [-0.2, 0) is 6.42 Å². The molecule has 0 spiro atoms. The fourth-order valence-electron chi connectivity index (χ4n) is 1.13. The first-order valence-electron chi connectivity index (χ1n) is 3.56. The number of nitriles is 1. The van der Waals surface area contributed by atoms with E-state index in [1.165, 1.54) is 0 Å². The first-order valence-corrected chi connectivity index (χ1v) is 3.56. The van der Waals surface area contributed by atoms with Gasteiger partial charge in [-0.3, -0.25) is 10.1 Å². The van der Waals surface area contributed by atoms with Gasteiger partial charge in [-0.15, -0.1) is 0 Å². The second-order valence-corrected chi connectivity index (χ2v) is 2.43. The van der Waals surface area contributed by atoms with E-state index in [1.807, 2.05) is 6.07 Å². The largest absolute Gasteiger partial charge is 0.280 e. The molecule has 12 heavy (non-hydrogen) atoms. The second-order valence-electron chi connectivity index (χ2n) is 2.43. The van der Waals surface area contributed by atoms with Crippen molar-refractivity contribution in [2.75, 3.05) is 0 Å². The van der Waals surface area contributed by atoms with Crippen LogP contribution in [0.1, 0.15) is 5.69 Å². The summed E-state index contributed by atoms with van der Waals surface area (Å²) >= 11 is 0. The van der Waals surface area contributed by atoms with Gasteiger partial charge in [0.25, 0.3) is 0 Å². The smallest absolute Gasteiger partial charge is 0.111 e. The average Bonchev–Trinajstić information content (AvgIpc) is 2.50. The Balaban J connectivity index is 2.64. The molecule has 0 radical (unpaired) electrons. The number of hydrogen-bond acceptors (Lipinski definition) is 3. The monoisotopic (exact) mass is 158 g/mol. The molecule has 0 bridgehead atoms. The Morgan fingerprint density at radius 1 is 1.58 bits per heavy atom. The Hall–Kier alpha value is -1.89. The number of pyridine rings is 1. The van der Waals surface area contributed by atoms with E-state index >= 15 is 0 Å². The van der Waals surface area contributed by atoms with Crippen LogP contribution in [0, 0.1) is 11.3 Å². The number of fused-ring (bicyclic) bond motifs is 1. The van der Waals surface area contributed by atoms with E-state index in [0.717, 1.165) is 16.6 Å². The maximum Gasteiger partial charge on any atom is 0.111 e. The number of rotatable bonds is 1. The van der Waals surface area contributed by atoms with Gasteiger partial charge in [-0.2, -0.15) is 10.4 Å². The summed E-state index contributed by atoms with van der Waals surface area (Å²) in [6, 6.07) is 3.92. The quantitative estimate of drug-likeness (QED) is 0.673. The van der Waals surface area contributed by atoms with Crippen LogP contribution in [0.2, 0.25) is 0 Å². The lowest BCUT2D eigenvalue weighted by Crippen LogP contribution is -1.81. The number of aromatic amines is 1. The zero-order chi connectivity index (χ0) is 8.39. The number of H-pyrrole nitrogens is 1. The zero-order valence-corrected chi connectivity index (χ0v) is 6.28. The van der Waals surface area contributed by atoms with Crippen molar-refractivity contribution < 1.29 is 0 Å². The molecule has 2 heterocycles. The molecule has 2 aromatic heterocycles. The van der Waals surface area contributed by atoms with Gasteiger partial charge >= 0.3 is 0 Å². The molecule has 2 aromatic rings. The van der Waals surface area contributed by atoms with E-state index < -0.39 is 0 Å². The van der Waals surface area contributed by atoms with Gasteiger partial charge in [0.2, 0.25) is 0 Å². The molecule has 0 saturated heterocycles. The van der Waals surface area contributed by atoms with Gasteiger partial charge in [-0.1, -0.05) is 0 Å². The Bertz CT molecular complexity index is 437. The van der Waals surface area contributed by atoms with Crippen LogP contribution in [0.3, 0.4) is 0 Å². The van der Waals surface area contributed by atoms with Crippen molar-refractivity contribution >= 4 is 10.9 Å². The fourth-order valence-corrected chi connectivity index (χ4v) is 1.13. The van der Waals surface area contributed by atoms with Crippen LogP contribution < -0.4 is 0 Å². The highest BCUT2D eigenvalue weighted by Gasteiger charge is 2.02. The standard InChI is InChI=1S/C8H6N4/c9-3-1-7-6-2-4-10-5-8(6)12-11-7/h2,4-5H,1H2,(H,11,12). The molecule has 0 aliphatic rings. The van der Waals surface area contributed by atoms with Crippen molar-refractivity contribution in [1.29, 1.82) is 5.26 Å². The minimum atomic E-state index is 0.362. The summed E-state index contributed by atoms with van der Waals surface area (Å²) in [7, 11) is 0. The summed E-state index contributed by atoms with van der Waals surface area (Å²) in [6.07, 6.45) is 3.73. The third-order valence-electron chi connectivity index (χ3n) is 1.69. The first-order chi connectivity index (χ1) is 5.92. The fraction of sp³-hybridized carbons (Fsp3) is 0.125. The topological polar surface area (TPSA) is 65.4 Å². The van der Waals surface area contributed by atoms with Crippen molar-refractivity contribution in [2.24, 2.45) is 0 Å². The van der Waals surface area contributed by atoms with Gasteiger partial charge in [0.1, 0.15) is 5.52 Å². The third kappa shape index (κ3) is 0.920. The van der Waals surface area contributed by atoms with Gasteiger partial charge in [0.15, 0.2) is 0 Å². The first kappa shape index (κ1) is 6.80. The lowest BCUT2D eigenvalue weighted by molar-refractivity contribution is 1.03. The van der Waals surface area contributed by atoms with E-state index in [0.29, 0.717) is 6.42 Å². The van der Waals surface area contributed by atoms with E-state index in [-0.39, 0.29) is 0 Å². The van der Waals surface area contributed by atoms with Gasteiger partial charge in [-0.05, 0) is 6.07 Å². The summed E-state index contributed by atoms with van der Waals surface area (Å²) in [4.78, 5) is 3.92. The Morgan fingerprint density at radius 2 is 2.50 bits per heavy atom. The molecular formula is C8H6N4. The zero-order valence-electron chi connectivity index (χ0n) is 6.28. The lowest BCUT2D eigenvalue weighted by atomic mass is 10.2. The highest BCUT2D eigenvalue weighted by atomic mass is 15.1. The predicted octanol–water partition coefficient (Wildman–Crippen LogP) is 1.02. The van der Waals surface area contributed by atoms with E-state index in [1.54, 1.807) is 12.4 Å². The Labute approximate surface area is 68.9 Å². The third-order valence-corrected chi connectivity index (χ3v) is 1.69. The summed E-state index contributed by atoms with van der Waals surface area (Å²) in [5.41, 5.74) is 1.66. The highest BCUT2D eigenvalue weighted by Crippen LogP contribution is 2.13. The van der Waals surface area contributed by atoms with Crippen LogP contribution in [0.25, 0.3) is 10.9 Å². The molecule has 0 atom stereocenters. The van der Waals surface area contributed by atoms with Gasteiger partial charge in [0.05, 0.1) is 24.4 Å². The Morgan fingerprint density at radius 3 is 3.33 bits per heavy atom. The number of aromatic nitrogens is 3. The molecule has 0 unspecified atom stereocenters. The molecule has 58 valence electrons. The van der Waals surface area contributed by atoms with E-state index in [2.05, 4.69) is 21.3 Å². The van der Waals surface area contributed by atoms with E-state index in [9.17, 15) is 0 Å². The van der Waals surface area contributed by atoms with Crippen molar-refractivity contribution in [3.8, 4) is 6.07 Å². The average molecular weight is 158 g/mol. The van der Waals surface area contributed by atoms with Crippen LogP contribution in [0.5, 0.6) is 0 Å². The molecule has 2 rings (SSSR count). The summed E-state index contributed by atoms with van der Waals surface area (Å²) < 4.78 is 0. The highest BCUT2D eigenvalue weighted by molar-refractivity contribution is 5.80. The summed E-state index contributed by atoms with van der Waals surface area (Å²) in [5.74, 6) is 0. The summed E-state index contributed by atoms with van der Waals surface area (Å²) in [6.45, 7) is 0.